The highest BCUT2D eigenvalue weighted by Crippen LogP contribution is 1.98. The summed E-state index contributed by atoms with van der Waals surface area (Å²) in [5, 5.41) is 0. The minimum Gasteiger partial charge on any atom is -0.481 e. The molecule has 0 amide bonds. The maximum absolute atomic E-state index is 12.1. The Kier molecular flexibility index (Phi) is 4.18. The standard InChI is InChI=1S/C8H12FNO/c1-6(2)8(11-4)10-5-7(3)9/h5H,1H2,2-4H3/b7-5+,10-8?. The minimum absolute atomic E-state index is 0.349. The summed E-state index contributed by atoms with van der Waals surface area (Å²) >= 11 is 0. The first kappa shape index (κ1) is 9.88. The van der Waals surface area contributed by atoms with Gasteiger partial charge in [-0.05, 0) is 13.8 Å². The molecule has 0 aromatic heterocycles. The predicted molar refractivity (Wildman–Crippen MR) is 44.1 cm³/mol. The Labute approximate surface area is 66.1 Å². The molecule has 0 heterocycles. The van der Waals surface area contributed by atoms with Crippen LogP contribution >= 0.6 is 0 Å². The lowest BCUT2D eigenvalue weighted by Crippen LogP contribution is -2.00. The van der Waals surface area contributed by atoms with Crippen molar-refractivity contribution in [1.82, 2.24) is 0 Å². The fraction of sp³-hybridized carbons (Fsp3) is 0.375. The second kappa shape index (κ2) is 4.66. The van der Waals surface area contributed by atoms with Crippen LogP contribution in [0.5, 0.6) is 0 Å². The van der Waals surface area contributed by atoms with Crippen molar-refractivity contribution in [1.29, 1.82) is 0 Å². The van der Waals surface area contributed by atoms with Gasteiger partial charge in [0.05, 0.1) is 13.3 Å². The minimum atomic E-state index is -0.360. The van der Waals surface area contributed by atoms with E-state index in [1.807, 2.05) is 0 Å². The maximum atomic E-state index is 12.1. The lowest BCUT2D eigenvalue weighted by molar-refractivity contribution is 0.403. The highest BCUT2D eigenvalue weighted by molar-refractivity contribution is 5.92. The van der Waals surface area contributed by atoms with Crippen molar-refractivity contribution in [2.24, 2.45) is 4.99 Å². The molecule has 0 unspecified atom stereocenters. The molecular weight excluding hydrogens is 145 g/mol. The second-order valence-electron chi connectivity index (χ2n) is 2.13. The van der Waals surface area contributed by atoms with E-state index in [0.29, 0.717) is 11.5 Å². The van der Waals surface area contributed by atoms with E-state index in [-0.39, 0.29) is 5.83 Å². The van der Waals surface area contributed by atoms with E-state index in [0.717, 1.165) is 6.20 Å². The lowest BCUT2D eigenvalue weighted by Gasteiger charge is -2.00. The number of methoxy groups -OCH3 is 1. The molecule has 0 saturated carbocycles. The highest BCUT2D eigenvalue weighted by atomic mass is 19.1. The van der Waals surface area contributed by atoms with Crippen molar-refractivity contribution in [2.45, 2.75) is 13.8 Å². The van der Waals surface area contributed by atoms with Gasteiger partial charge in [-0.15, -0.1) is 0 Å². The Morgan fingerprint density at radius 1 is 1.55 bits per heavy atom. The molecule has 3 heteroatoms. The topological polar surface area (TPSA) is 21.6 Å². The van der Waals surface area contributed by atoms with Gasteiger partial charge in [0.1, 0.15) is 5.83 Å². The van der Waals surface area contributed by atoms with Gasteiger partial charge in [0.25, 0.3) is 0 Å². The third kappa shape index (κ3) is 4.31. The van der Waals surface area contributed by atoms with E-state index in [1.54, 1.807) is 6.92 Å². The first-order valence-electron chi connectivity index (χ1n) is 3.18. The number of aliphatic imine (C=N–C) groups is 1. The van der Waals surface area contributed by atoms with Gasteiger partial charge in [-0.25, -0.2) is 9.38 Å². The fourth-order valence-corrected chi connectivity index (χ4v) is 0.485. The zero-order chi connectivity index (χ0) is 8.85. The molecule has 2 nitrogen and oxygen atoms in total. The molecule has 0 atom stereocenters. The SMILES string of the molecule is C=C(C)C(=N/C=C(\C)F)OC. The average molecular weight is 157 g/mol. The molecule has 0 radical (unpaired) electrons. The van der Waals surface area contributed by atoms with Crippen molar-refractivity contribution in [2.75, 3.05) is 7.11 Å². The summed E-state index contributed by atoms with van der Waals surface area (Å²) in [6.45, 7) is 6.65. The van der Waals surface area contributed by atoms with E-state index in [4.69, 9.17) is 4.74 Å². The van der Waals surface area contributed by atoms with Gasteiger partial charge in [0, 0.05) is 5.57 Å². The molecule has 0 aromatic rings. The Balaban J connectivity index is 4.37. The Bertz CT molecular complexity index is 202. The van der Waals surface area contributed by atoms with E-state index < -0.39 is 0 Å². The van der Waals surface area contributed by atoms with Crippen molar-refractivity contribution in [3.63, 3.8) is 0 Å². The molecule has 11 heavy (non-hydrogen) atoms. The number of nitrogens with zero attached hydrogens (tertiary/aromatic N) is 1. The van der Waals surface area contributed by atoms with Crippen molar-refractivity contribution >= 4 is 5.90 Å². The number of hydrogen-bond acceptors (Lipinski definition) is 2. The molecule has 0 spiro atoms. The molecule has 0 aliphatic rings. The Morgan fingerprint density at radius 2 is 2.09 bits per heavy atom. The van der Waals surface area contributed by atoms with Crippen LogP contribution in [-0.2, 0) is 4.74 Å². The average Bonchev–Trinajstić information content (AvgIpc) is 1.87. The molecular formula is C8H12FNO. The molecule has 0 aromatic carbocycles. The van der Waals surface area contributed by atoms with Crippen molar-refractivity contribution in [3.05, 3.63) is 24.2 Å². The van der Waals surface area contributed by atoms with Gasteiger partial charge in [-0.1, -0.05) is 6.58 Å². The lowest BCUT2D eigenvalue weighted by atomic mass is 10.3. The van der Waals surface area contributed by atoms with Crippen molar-refractivity contribution < 1.29 is 9.13 Å². The van der Waals surface area contributed by atoms with Crippen LogP contribution in [0.15, 0.2) is 29.2 Å². The molecule has 0 aliphatic carbocycles. The first-order valence-corrected chi connectivity index (χ1v) is 3.18. The molecule has 0 fully saturated rings. The second-order valence-corrected chi connectivity index (χ2v) is 2.13. The summed E-state index contributed by atoms with van der Waals surface area (Å²) in [7, 11) is 1.47. The van der Waals surface area contributed by atoms with Gasteiger partial charge in [0.2, 0.25) is 5.90 Å². The predicted octanol–water partition coefficient (Wildman–Crippen LogP) is 2.44. The monoisotopic (exact) mass is 157 g/mol. The van der Waals surface area contributed by atoms with Crippen LogP contribution in [0.25, 0.3) is 0 Å². The normalized spacial score (nSPS) is 13.1. The van der Waals surface area contributed by atoms with Crippen LogP contribution in [0.1, 0.15) is 13.8 Å². The molecule has 0 N–H and O–H groups in total. The first-order chi connectivity index (χ1) is 5.07. The summed E-state index contributed by atoms with van der Waals surface area (Å²) in [4.78, 5) is 3.70. The number of hydrogen-bond donors (Lipinski definition) is 0. The molecule has 0 aliphatic heterocycles. The molecule has 62 valence electrons. The summed E-state index contributed by atoms with van der Waals surface area (Å²) in [6.07, 6.45) is 1.09. The Hall–Kier alpha value is -1.12. The van der Waals surface area contributed by atoms with Crippen LogP contribution in [0.4, 0.5) is 4.39 Å². The van der Waals surface area contributed by atoms with Crippen LogP contribution < -0.4 is 0 Å². The van der Waals surface area contributed by atoms with E-state index in [1.165, 1.54) is 14.0 Å². The van der Waals surface area contributed by atoms with Crippen LogP contribution in [-0.4, -0.2) is 13.0 Å². The zero-order valence-electron chi connectivity index (χ0n) is 7.02. The summed E-state index contributed by atoms with van der Waals surface area (Å²) < 4.78 is 16.9. The van der Waals surface area contributed by atoms with Gasteiger partial charge < -0.3 is 4.74 Å². The summed E-state index contributed by atoms with van der Waals surface area (Å²) in [5.74, 6) is -0.0113. The Morgan fingerprint density at radius 3 is 2.36 bits per heavy atom. The number of ether oxygens (including phenoxy) is 1. The van der Waals surface area contributed by atoms with Gasteiger partial charge >= 0.3 is 0 Å². The van der Waals surface area contributed by atoms with E-state index in [2.05, 4.69) is 11.6 Å². The quantitative estimate of drug-likeness (QED) is 0.445. The summed E-state index contributed by atoms with van der Waals surface area (Å²) in [5.41, 5.74) is 0.671. The van der Waals surface area contributed by atoms with Crippen LogP contribution in [0.3, 0.4) is 0 Å². The molecule has 0 rings (SSSR count). The fourth-order valence-electron chi connectivity index (χ4n) is 0.485. The van der Waals surface area contributed by atoms with Gasteiger partial charge in [0.15, 0.2) is 0 Å². The number of rotatable bonds is 2. The largest absolute Gasteiger partial charge is 0.481 e. The van der Waals surface area contributed by atoms with E-state index in [9.17, 15) is 4.39 Å². The molecule has 0 saturated heterocycles. The molecule has 0 bridgehead atoms. The van der Waals surface area contributed by atoms with Crippen LogP contribution in [0, 0.1) is 0 Å². The van der Waals surface area contributed by atoms with Gasteiger partial charge in [-0.3, -0.25) is 0 Å². The van der Waals surface area contributed by atoms with Crippen LogP contribution in [0.2, 0.25) is 0 Å². The zero-order valence-corrected chi connectivity index (χ0v) is 7.02. The van der Waals surface area contributed by atoms with Crippen molar-refractivity contribution in [3.8, 4) is 0 Å². The maximum Gasteiger partial charge on any atom is 0.215 e. The highest BCUT2D eigenvalue weighted by Gasteiger charge is 1.95. The number of allylic oxidation sites excluding steroid dienone is 1. The third-order valence-corrected chi connectivity index (χ3v) is 0.918. The smallest absolute Gasteiger partial charge is 0.215 e. The van der Waals surface area contributed by atoms with Gasteiger partial charge in [-0.2, -0.15) is 0 Å². The van der Waals surface area contributed by atoms with E-state index >= 15 is 0 Å². The third-order valence-electron chi connectivity index (χ3n) is 0.918. The summed E-state index contributed by atoms with van der Waals surface area (Å²) in [6, 6.07) is 0. The number of halogens is 1.